The highest BCUT2D eigenvalue weighted by atomic mass is 16.5. The first-order chi connectivity index (χ1) is 13.0. The van der Waals surface area contributed by atoms with Crippen molar-refractivity contribution in [2.45, 2.75) is 0 Å². The molecular weight excluding hydrogens is 352 g/mol. The van der Waals surface area contributed by atoms with Gasteiger partial charge in [-0.3, -0.25) is 9.59 Å². The zero-order valence-electron chi connectivity index (χ0n) is 14.3. The Hall–Kier alpha value is -3.81. The Morgan fingerprint density at radius 2 is 1.67 bits per heavy atom. The second-order valence-corrected chi connectivity index (χ2v) is 5.49. The average Bonchev–Trinajstić information content (AvgIpc) is 2.68. The molecule has 8 nitrogen and oxygen atoms in total. The summed E-state index contributed by atoms with van der Waals surface area (Å²) in [6, 6.07) is 13.6. The monoisotopic (exact) mass is 368 g/mol. The highest BCUT2D eigenvalue weighted by Gasteiger charge is 2.21. The Labute approximate surface area is 154 Å². The Bertz CT molecular complexity index is 1020. The molecule has 0 fully saturated rings. The summed E-state index contributed by atoms with van der Waals surface area (Å²) >= 11 is 0. The lowest BCUT2D eigenvalue weighted by molar-refractivity contribution is -0.135. The summed E-state index contributed by atoms with van der Waals surface area (Å²) in [5.74, 6) is -1.48. The maximum Gasteiger partial charge on any atom is 0.322 e. The number of nitrogens with one attached hydrogen (secondary N) is 1. The maximum absolute atomic E-state index is 12.3. The predicted octanol–water partition coefficient (Wildman–Crippen LogP) is 2.56. The van der Waals surface area contributed by atoms with Crippen LogP contribution in [-0.2, 0) is 4.79 Å². The third-order valence-electron chi connectivity index (χ3n) is 3.74. The van der Waals surface area contributed by atoms with Gasteiger partial charge in [-0.25, -0.2) is 4.98 Å². The molecule has 0 saturated heterocycles. The SMILES string of the molecule is COc1ccccc1Oc1nc(C(=O)NCC(=O)O)c(O)c2ccccc12. The highest BCUT2D eigenvalue weighted by Crippen LogP contribution is 2.37. The lowest BCUT2D eigenvalue weighted by Gasteiger charge is -2.14. The third kappa shape index (κ3) is 3.74. The molecule has 138 valence electrons. The van der Waals surface area contributed by atoms with Crippen LogP contribution >= 0.6 is 0 Å². The van der Waals surface area contributed by atoms with Crippen LogP contribution in [0, 0.1) is 0 Å². The number of carboxylic acids is 1. The Morgan fingerprint density at radius 3 is 2.33 bits per heavy atom. The number of ether oxygens (including phenoxy) is 2. The maximum atomic E-state index is 12.3. The molecule has 0 radical (unpaired) electrons. The number of carboxylic acid groups (broad SMARTS) is 1. The number of hydrogen-bond acceptors (Lipinski definition) is 6. The fraction of sp³-hybridized carbons (Fsp3) is 0.105. The van der Waals surface area contributed by atoms with Crippen molar-refractivity contribution in [3.05, 3.63) is 54.2 Å². The van der Waals surface area contributed by atoms with E-state index in [2.05, 4.69) is 10.3 Å². The third-order valence-corrected chi connectivity index (χ3v) is 3.74. The van der Waals surface area contributed by atoms with E-state index in [0.717, 1.165) is 0 Å². The van der Waals surface area contributed by atoms with Crippen molar-refractivity contribution in [1.82, 2.24) is 10.3 Å². The largest absolute Gasteiger partial charge is 0.505 e. The molecule has 1 heterocycles. The zero-order chi connectivity index (χ0) is 19.4. The molecule has 3 N–H and O–H groups in total. The number of aliphatic carboxylic acids is 1. The normalized spacial score (nSPS) is 10.4. The van der Waals surface area contributed by atoms with Crippen molar-refractivity contribution >= 4 is 22.6 Å². The summed E-state index contributed by atoms with van der Waals surface area (Å²) in [7, 11) is 1.50. The van der Waals surface area contributed by atoms with Gasteiger partial charge in [-0.2, -0.15) is 0 Å². The summed E-state index contributed by atoms with van der Waals surface area (Å²) in [6.07, 6.45) is 0. The molecule has 8 heteroatoms. The van der Waals surface area contributed by atoms with Crippen molar-refractivity contribution in [1.29, 1.82) is 0 Å². The molecule has 0 saturated carbocycles. The lowest BCUT2D eigenvalue weighted by atomic mass is 10.1. The topological polar surface area (TPSA) is 118 Å². The van der Waals surface area contributed by atoms with E-state index in [1.807, 2.05) is 0 Å². The number of fused-ring (bicyclic) bond motifs is 1. The second-order valence-electron chi connectivity index (χ2n) is 5.49. The number of carbonyl (C=O) groups excluding carboxylic acids is 1. The number of benzene rings is 2. The van der Waals surface area contributed by atoms with Crippen molar-refractivity contribution in [2.75, 3.05) is 13.7 Å². The molecule has 0 aliphatic heterocycles. The van der Waals surface area contributed by atoms with Gasteiger partial charge in [0, 0.05) is 10.8 Å². The molecule has 1 amide bonds. The number of carbonyl (C=O) groups is 2. The Morgan fingerprint density at radius 1 is 1.04 bits per heavy atom. The van der Waals surface area contributed by atoms with Crippen LogP contribution in [0.15, 0.2) is 48.5 Å². The lowest BCUT2D eigenvalue weighted by Crippen LogP contribution is -2.30. The van der Waals surface area contributed by atoms with E-state index in [4.69, 9.17) is 14.6 Å². The van der Waals surface area contributed by atoms with Crippen LogP contribution in [-0.4, -0.2) is 40.7 Å². The summed E-state index contributed by atoms with van der Waals surface area (Å²) in [4.78, 5) is 27.1. The van der Waals surface area contributed by atoms with Crippen LogP contribution in [0.1, 0.15) is 10.5 Å². The number of hydrogen-bond donors (Lipinski definition) is 3. The van der Waals surface area contributed by atoms with Gasteiger partial charge in [0.05, 0.1) is 7.11 Å². The van der Waals surface area contributed by atoms with Gasteiger partial charge in [-0.1, -0.05) is 30.3 Å². The van der Waals surface area contributed by atoms with Crippen LogP contribution < -0.4 is 14.8 Å². The molecule has 0 spiro atoms. The highest BCUT2D eigenvalue weighted by molar-refractivity contribution is 6.03. The number of pyridine rings is 1. The standard InChI is InChI=1S/C19H16N2O6/c1-26-13-8-4-5-9-14(13)27-19-12-7-3-2-6-11(12)17(24)16(21-19)18(25)20-10-15(22)23/h2-9,24H,10H2,1H3,(H,20,25)(H,22,23). The van der Waals surface area contributed by atoms with Crippen LogP contribution in [0.4, 0.5) is 0 Å². The molecule has 3 rings (SSSR count). The number of amides is 1. The minimum absolute atomic E-state index is 0.0772. The van der Waals surface area contributed by atoms with Gasteiger partial charge in [0.15, 0.2) is 22.9 Å². The van der Waals surface area contributed by atoms with E-state index >= 15 is 0 Å². The number of methoxy groups -OCH3 is 1. The summed E-state index contributed by atoms with van der Waals surface area (Å²) < 4.78 is 11.1. The van der Waals surface area contributed by atoms with Gasteiger partial charge >= 0.3 is 5.97 Å². The number of para-hydroxylation sites is 2. The van der Waals surface area contributed by atoms with Gasteiger partial charge in [0.2, 0.25) is 5.88 Å². The van der Waals surface area contributed by atoms with Crippen molar-refractivity contribution in [3.8, 4) is 23.1 Å². The first-order valence-electron chi connectivity index (χ1n) is 7.94. The average molecular weight is 368 g/mol. The second kappa shape index (κ2) is 7.61. The predicted molar refractivity (Wildman–Crippen MR) is 96.4 cm³/mol. The first kappa shape index (κ1) is 18.0. The minimum atomic E-state index is -1.21. The summed E-state index contributed by atoms with van der Waals surface area (Å²) in [6.45, 7) is -0.602. The van der Waals surface area contributed by atoms with Crippen molar-refractivity contribution < 1.29 is 29.3 Å². The molecule has 0 aliphatic rings. The van der Waals surface area contributed by atoms with Gasteiger partial charge in [0.1, 0.15) is 6.54 Å². The van der Waals surface area contributed by atoms with Gasteiger partial charge in [-0.15, -0.1) is 0 Å². The van der Waals surface area contributed by atoms with E-state index in [0.29, 0.717) is 22.3 Å². The van der Waals surface area contributed by atoms with Gasteiger partial charge in [0.25, 0.3) is 5.91 Å². The van der Waals surface area contributed by atoms with Crippen molar-refractivity contribution in [3.63, 3.8) is 0 Å². The quantitative estimate of drug-likeness (QED) is 0.612. The minimum Gasteiger partial charge on any atom is -0.505 e. The van der Waals surface area contributed by atoms with Crippen LogP contribution in [0.3, 0.4) is 0 Å². The molecule has 0 atom stereocenters. The Kier molecular flexibility index (Phi) is 5.07. The van der Waals surface area contributed by atoms with Gasteiger partial charge < -0.3 is 25.0 Å². The fourth-order valence-corrected chi connectivity index (χ4v) is 2.50. The molecule has 0 bridgehead atoms. The molecule has 27 heavy (non-hydrogen) atoms. The molecule has 2 aromatic carbocycles. The van der Waals surface area contributed by atoms with Crippen LogP contribution in [0.25, 0.3) is 10.8 Å². The number of nitrogens with zero attached hydrogens (tertiary/aromatic N) is 1. The zero-order valence-corrected chi connectivity index (χ0v) is 14.3. The number of aromatic nitrogens is 1. The smallest absolute Gasteiger partial charge is 0.322 e. The van der Waals surface area contributed by atoms with Gasteiger partial charge in [-0.05, 0) is 18.2 Å². The summed E-state index contributed by atoms with van der Waals surface area (Å²) in [5, 5.41) is 22.2. The fourth-order valence-electron chi connectivity index (χ4n) is 2.50. The molecule has 0 aliphatic carbocycles. The molecular formula is C19H16N2O6. The van der Waals surface area contributed by atoms with Crippen LogP contribution in [0.2, 0.25) is 0 Å². The number of rotatable bonds is 6. The first-order valence-corrected chi connectivity index (χ1v) is 7.94. The van der Waals surface area contributed by atoms with E-state index < -0.39 is 18.4 Å². The molecule has 0 unspecified atom stereocenters. The Balaban J connectivity index is 2.10. The van der Waals surface area contributed by atoms with Crippen LogP contribution in [0.5, 0.6) is 23.1 Å². The van der Waals surface area contributed by atoms with E-state index in [9.17, 15) is 14.7 Å². The van der Waals surface area contributed by atoms with E-state index in [1.165, 1.54) is 7.11 Å². The number of aromatic hydroxyl groups is 1. The van der Waals surface area contributed by atoms with Crippen molar-refractivity contribution in [2.24, 2.45) is 0 Å². The molecule has 1 aromatic heterocycles. The van der Waals surface area contributed by atoms with E-state index in [1.54, 1.807) is 48.5 Å². The van der Waals surface area contributed by atoms with E-state index in [-0.39, 0.29) is 17.3 Å². The summed E-state index contributed by atoms with van der Waals surface area (Å²) in [5.41, 5.74) is -0.333. The molecule has 3 aromatic rings.